The second-order valence-corrected chi connectivity index (χ2v) is 7.46. The summed E-state index contributed by atoms with van der Waals surface area (Å²) in [7, 11) is -1.98. The molecule has 0 saturated carbocycles. The molecule has 0 atom stereocenters. The standard InChI is InChI=1S/C17H21N3O4S/c1-4-25(22,23)20-15-8-7-14(10-16(15)24-3)19-17(21)9-13-6-5-12(2)18-11-13/h5-8,10-11,20H,4,9H2,1-3H3,(H,19,21). The van der Waals surface area contributed by atoms with Crippen LogP contribution in [0.5, 0.6) is 5.75 Å². The fourth-order valence-electron chi connectivity index (χ4n) is 2.09. The topological polar surface area (TPSA) is 97.4 Å². The number of carbonyl (C=O) groups is 1. The number of nitrogens with zero attached hydrogens (tertiary/aromatic N) is 1. The minimum atomic E-state index is -3.41. The van der Waals surface area contributed by atoms with Crippen molar-refractivity contribution in [3.8, 4) is 5.75 Å². The third kappa shape index (κ3) is 5.46. The molecule has 25 heavy (non-hydrogen) atoms. The summed E-state index contributed by atoms with van der Waals surface area (Å²) in [5.74, 6) is 0.0839. The molecule has 2 rings (SSSR count). The van der Waals surface area contributed by atoms with Crippen LogP contribution in [0.15, 0.2) is 36.5 Å². The first-order valence-corrected chi connectivity index (χ1v) is 9.38. The van der Waals surface area contributed by atoms with Gasteiger partial charge in [0.2, 0.25) is 15.9 Å². The third-order valence-electron chi connectivity index (χ3n) is 3.47. The molecule has 2 aromatic rings. The van der Waals surface area contributed by atoms with Crippen molar-refractivity contribution >= 4 is 27.3 Å². The maximum absolute atomic E-state index is 12.1. The van der Waals surface area contributed by atoms with Crippen LogP contribution in [0.25, 0.3) is 0 Å². The Balaban J connectivity index is 2.09. The number of anilines is 2. The van der Waals surface area contributed by atoms with E-state index < -0.39 is 10.0 Å². The van der Waals surface area contributed by atoms with Gasteiger partial charge in [-0.25, -0.2) is 8.42 Å². The van der Waals surface area contributed by atoms with Gasteiger partial charge in [-0.05, 0) is 37.6 Å². The highest BCUT2D eigenvalue weighted by Gasteiger charge is 2.13. The molecule has 1 aromatic carbocycles. The summed E-state index contributed by atoms with van der Waals surface area (Å²) in [5, 5.41) is 2.76. The highest BCUT2D eigenvalue weighted by Crippen LogP contribution is 2.29. The van der Waals surface area contributed by atoms with E-state index in [1.54, 1.807) is 31.3 Å². The van der Waals surface area contributed by atoms with Crippen molar-refractivity contribution < 1.29 is 17.9 Å². The molecule has 1 aromatic heterocycles. The quantitative estimate of drug-likeness (QED) is 0.787. The van der Waals surface area contributed by atoms with E-state index >= 15 is 0 Å². The van der Waals surface area contributed by atoms with E-state index in [1.807, 2.05) is 19.1 Å². The molecule has 134 valence electrons. The van der Waals surface area contributed by atoms with Gasteiger partial charge in [0.25, 0.3) is 0 Å². The number of sulfonamides is 1. The summed E-state index contributed by atoms with van der Waals surface area (Å²) in [5.41, 5.74) is 2.54. The number of hydrogen-bond acceptors (Lipinski definition) is 5. The summed E-state index contributed by atoms with van der Waals surface area (Å²) in [6.45, 7) is 3.42. The Kier molecular flexibility index (Phi) is 5.97. The predicted molar refractivity (Wildman–Crippen MR) is 97.4 cm³/mol. The van der Waals surface area contributed by atoms with Gasteiger partial charge in [-0.3, -0.25) is 14.5 Å². The van der Waals surface area contributed by atoms with Crippen molar-refractivity contribution in [3.63, 3.8) is 0 Å². The van der Waals surface area contributed by atoms with Gasteiger partial charge in [0.15, 0.2) is 0 Å². The summed E-state index contributed by atoms with van der Waals surface area (Å²) in [6.07, 6.45) is 1.86. The lowest BCUT2D eigenvalue weighted by Crippen LogP contribution is -2.16. The maximum Gasteiger partial charge on any atom is 0.232 e. The molecular formula is C17H21N3O4S. The Bertz CT molecular complexity index is 849. The Hall–Kier alpha value is -2.61. The molecule has 0 spiro atoms. The summed E-state index contributed by atoms with van der Waals surface area (Å²) < 4.78 is 31.0. The number of nitrogens with one attached hydrogen (secondary N) is 2. The minimum absolute atomic E-state index is 0.0424. The average molecular weight is 363 g/mol. The summed E-state index contributed by atoms with van der Waals surface area (Å²) in [6, 6.07) is 8.43. The second kappa shape index (κ2) is 7.98. The number of ether oxygens (including phenoxy) is 1. The molecule has 8 heteroatoms. The number of aryl methyl sites for hydroxylation is 1. The Morgan fingerprint density at radius 1 is 1.24 bits per heavy atom. The normalized spacial score (nSPS) is 11.0. The number of amides is 1. The van der Waals surface area contributed by atoms with Crippen molar-refractivity contribution in [2.75, 3.05) is 22.9 Å². The van der Waals surface area contributed by atoms with Crippen LogP contribution >= 0.6 is 0 Å². The van der Waals surface area contributed by atoms with E-state index in [0.717, 1.165) is 11.3 Å². The highest BCUT2D eigenvalue weighted by molar-refractivity contribution is 7.92. The van der Waals surface area contributed by atoms with E-state index in [0.29, 0.717) is 17.1 Å². The van der Waals surface area contributed by atoms with Crippen LogP contribution in [-0.2, 0) is 21.2 Å². The molecule has 0 saturated heterocycles. The number of methoxy groups -OCH3 is 1. The molecule has 2 N–H and O–H groups in total. The fraction of sp³-hybridized carbons (Fsp3) is 0.294. The first-order valence-electron chi connectivity index (χ1n) is 7.73. The van der Waals surface area contributed by atoms with Crippen LogP contribution in [0, 0.1) is 6.92 Å². The minimum Gasteiger partial charge on any atom is -0.494 e. The predicted octanol–water partition coefficient (Wildman–Crippen LogP) is 2.34. The van der Waals surface area contributed by atoms with Gasteiger partial charge >= 0.3 is 0 Å². The van der Waals surface area contributed by atoms with Gasteiger partial charge in [0.1, 0.15) is 5.75 Å². The molecule has 0 unspecified atom stereocenters. The van der Waals surface area contributed by atoms with Gasteiger partial charge in [-0.2, -0.15) is 0 Å². The first-order chi connectivity index (χ1) is 11.8. The van der Waals surface area contributed by atoms with E-state index in [4.69, 9.17) is 4.74 Å². The van der Waals surface area contributed by atoms with Crippen LogP contribution in [0.1, 0.15) is 18.2 Å². The number of rotatable bonds is 7. The van der Waals surface area contributed by atoms with Crippen LogP contribution in [0.3, 0.4) is 0 Å². The first kappa shape index (κ1) is 18.7. The number of pyridine rings is 1. The second-order valence-electron chi connectivity index (χ2n) is 5.45. The van der Waals surface area contributed by atoms with E-state index in [-0.39, 0.29) is 18.1 Å². The average Bonchev–Trinajstić information content (AvgIpc) is 2.58. The molecule has 1 heterocycles. The molecule has 1 amide bonds. The van der Waals surface area contributed by atoms with E-state index in [9.17, 15) is 13.2 Å². The van der Waals surface area contributed by atoms with Gasteiger partial charge in [0.05, 0.1) is 25.0 Å². The maximum atomic E-state index is 12.1. The fourth-order valence-corrected chi connectivity index (χ4v) is 2.73. The van der Waals surface area contributed by atoms with Crippen LogP contribution in [0.2, 0.25) is 0 Å². The number of benzene rings is 1. The van der Waals surface area contributed by atoms with Crippen molar-refractivity contribution in [1.82, 2.24) is 4.98 Å². The smallest absolute Gasteiger partial charge is 0.232 e. The SMILES string of the molecule is CCS(=O)(=O)Nc1ccc(NC(=O)Cc2ccc(C)nc2)cc1OC. The van der Waals surface area contributed by atoms with Gasteiger partial charge in [-0.1, -0.05) is 6.07 Å². The Morgan fingerprint density at radius 2 is 2.00 bits per heavy atom. The molecule has 0 aliphatic carbocycles. The van der Waals surface area contributed by atoms with Crippen molar-refractivity contribution in [2.24, 2.45) is 0 Å². The van der Waals surface area contributed by atoms with Gasteiger partial charge in [-0.15, -0.1) is 0 Å². The zero-order chi connectivity index (χ0) is 18.4. The molecule has 0 aliphatic heterocycles. The van der Waals surface area contributed by atoms with Crippen molar-refractivity contribution in [2.45, 2.75) is 20.3 Å². The zero-order valence-corrected chi connectivity index (χ0v) is 15.2. The molecular weight excluding hydrogens is 342 g/mol. The van der Waals surface area contributed by atoms with Crippen molar-refractivity contribution in [3.05, 3.63) is 47.8 Å². The van der Waals surface area contributed by atoms with Crippen molar-refractivity contribution in [1.29, 1.82) is 0 Å². The molecule has 0 aliphatic rings. The monoisotopic (exact) mass is 363 g/mol. The lowest BCUT2D eigenvalue weighted by molar-refractivity contribution is -0.115. The highest BCUT2D eigenvalue weighted by atomic mass is 32.2. The lowest BCUT2D eigenvalue weighted by Gasteiger charge is -2.13. The molecule has 0 bridgehead atoms. The molecule has 0 radical (unpaired) electrons. The lowest BCUT2D eigenvalue weighted by atomic mass is 10.2. The van der Waals surface area contributed by atoms with E-state index in [1.165, 1.54) is 7.11 Å². The Labute approximate surface area is 147 Å². The summed E-state index contributed by atoms with van der Waals surface area (Å²) >= 11 is 0. The molecule has 7 nitrogen and oxygen atoms in total. The number of hydrogen-bond donors (Lipinski definition) is 2. The number of carbonyl (C=O) groups excluding carboxylic acids is 1. The van der Waals surface area contributed by atoms with Crippen LogP contribution in [0.4, 0.5) is 11.4 Å². The molecule has 0 fully saturated rings. The third-order valence-corrected chi connectivity index (χ3v) is 4.76. The van der Waals surface area contributed by atoms with Gasteiger partial charge < -0.3 is 10.1 Å². The van der Waals surface area contributed by atoms with Crippen LogP contribution in [-0.4, -0.2) is 32.2 Å². The van der Waals surface area contributed by atoms with Gasteiger partial charge in [0, 0.05) is 23.6 Å². The summed E-state index contributed by atoms with van der Waals surface area (Å²) in [4.78, 5) is 16.3. The zero-order valence-electron chi connectivity index (χ0n) is 14.4. The van der Waals surface area contributed by atoms with E-state index in [2.05, 4.69) is 15.0 Å². The largest absolute Gasteiger partial charge is 0.494 e. The van der Waals surface area contributed by atoms with Crippen LogP contribution < -0.4 is 14.8 Å². The Morgan fingerprint density at radius 3 is 2.60 bits per heavy atom. The number of aromatic nitrogens is 1.